The van der Waals surface area contributed by atoms with Gasteiger partial charge >= 0.3 is 12.1 Å². The number of hydrogen-bond donors (Lipinski definition) is 2. The Morgan fingerprint density at radius 1 is 1.28 bits per heavy atom. The van der Waals surface area contributed by atoms with Crippen molar-refractivity contribution in [2.75, 3.05) is 18.1 Å². The zero-order chi connectivity index (χ0) is 13.8. The summed E-state index contributed by atoms with van der Waals surface area (Å²) in [6.07, 6.45) is -5.51. The van der Waals surface area contributed by atoms with Gasteiger partial charge in [-0.05, 0) is 24.6 Å². The molecule has 0 amide bonds. The van der Waals surface area contributed by atoms with Gasteiger partial charge in [-0.25, -0.2) is 4.79 Å². The fourth-order valence-electron chi connectivity index (χ4n) is 1.28. The molecule has 0 saturated carbocycles. The predicted molar refractivity (Wildman–Crippen MR) is 60.8 cm³/mol. The number of alkyl halides is 3. The Bertz CT molecular complexity index is 433. The number of halogens is 3. The summed E-state index contributed by atoms with van der Waals surface area (Å²) in [5, 5.41) is 0. The average molecular weight is 262 g/mol. The number of esters is 1. The average Bonchev–Trinajstić information content (AvgIpc) is 2.22. The highest BCUT2D eigenvalue weighted by molar-refractivity contribution is 5.95. The predicted octanol–water partition coefficient (Wildman–Crippen LogP) is 2.35. The first-order valence-electron chi connectivity index (χ1n) is 5.18. The van der Waals surface area contributed by atoms with Crippen molar-refractivity contribution in [2.24, 2.45) is 0 Å². The van der Waals surface area contributed by atoms with Gasteiger partial charge in [0.2, 0.25) is 0 Å². The lowest BCUT2D eigenvalue weighted by Gasteiger charge is -2.08. The summed E-state index contributed by atoms with van der Waals surface area (Å²) >= 11 is 0. The Kier molecular flexibility index (Phi) is 4.41. The van der Waals surface area contributed by atoms with E-state index in [0.29, 0.717) is 5.69 Å². The summed E-state index contributed by atoms with van der Waals surface area (Å²) in [7, 11) is 0. The number of benzene rings is 1. The van der Waals surface area contributed by atoms with Crippen molar-refractivity contribution in [1.82, 2.24) is 0 Å². The van der Waals surface area contributed by atoms with Crippen LogP contribution in [0.25, 0.3) is 0 Å². The summed E-state index contributed by atoms with van der Waals surface area (Å²) in [5.41, 5.74) is 11.6. The third-order valence-electron chi connectivity index (χ3n) is 2.13. The molecule has 4 nitrogen and oxygen atoms in total. The van der Waals surface area contributed by atoms with Crippen molar-refractivity contribution in [3.8, 4) is 0 Å². The third kappa shape index (κ3) is 4.52. The van der Waals surface area contributed by atoms with Crippen LogP contribution in [-0.2, 0) is 4.74 Å². The number of nitrogen functional groups attached to an aromatic ring is 2. The zero-order valence-corrected chi connectivity index (χ0v) is 9.46. The minimum absolute atomic E-state index is 0.0937. The molecule has 4 N–H and O–H groups in total. The van der Waals surface area contributed by atoms with Gasteiger partial charge in [-0.2, -0.15) is 13.2 Å². The van der Waals surface area contributed by atoms with Crippen molar-refractivity contribution >= 4 is 17.3 Å². The molecule has 1 aromatic rings. The maximum atomic E-state index is 11.8. The molecule has 0 aliphatic heterocycles. The Hall–Kier alpha value is -1.92. The van der Waals surface area contributed by atoms with Gasteiger partial charge in [-0.15, -0.1) is 0 Å². The molecule has 0 fully saturated rings. The molecular formula is C11H13F3N2O2. The van der Waals surface area contributed by atoms with E-state index >= 15 is 0 Å². The molecule has 7 heteroatoms. The van der Waals surface area contributed by atoms with E-state index in [9.17, 15) is 18.0 Å². The van der Waals surface area contributed by atoms with Crippen LogP contribution in [-0.4, -0.2) is 18.8 Å². The smallest absolute Gasteiger partial charge is 0.389 e. The molecule has 0 unspecified atom stereocenters. The molecule has 0 heterocycles. The molecule has 0 atom stereocenters. The number of rotatable bonds is 4. The summed E-state index contributed by atoms with van der Waals surface area (Å²) < 4.78 is 40.2. The van der Waals surface area contributed by atoms with Gasteiger partial charge in [0.25, 0.3) is 0 Å². The Morgan fingerprint density at radius 2 is 1.94 bits per heavy atom. The van der Waals surface area contributed by atoms with E-state index < -0.39 is 18.6 Å². The number of anilines is 2. The second-order valence-corrected chi connectivity index (χ2v) is 3.70. The molecule has 18 heavy (non-hydrogen) atoms. The second-order valence-electron chi connectivity index (χ2n) is 3.70. The lowest BCUT2D eigenvalue weighted by atomic mass is 10.1. The fraction of sp³-hybridized carbons (Fsp3) is 0.364. The lowest BCUT2D eigenvalue weighted by molar-refractivity contribution is -0.137. The molecular weight excluding hydrogens is 249 g/mol. The highest BCUT2D eigenvalue weighted by atomic mass is 19.4. The monoisotopic (exact) mass is 262 g/mol. The van der Waals surface area contributed by atoms with Crippen LogP contribution in [0.3, 0.4) is 0 Å². The molecule has 0 aliphatic rings. The number of ether oxygens (including phenoxy) is 1. The lowest BCUT2D eigenvalue weighted by Crippen LogP contribution is -2.12. The number of hydrogen-bond acceptors (Lipinski definition) is 4. The van der Waals surface area contributed by atoms with Gasteiger partial charge in [-0.3, -0.25) is 0 Å². The molecule has 0 bridgehead atoms. The van der Waals surface area contributed by atoms with Gasteiger partial charge < -0.3 is 16.2 Å². The minimum atomic E-state index is -4.24. The first kappa shape index (κ1) is 14.1. The SMILES string of the molecule is Nc1ccc(C(=O)OCCCC(F)(F)F)c(N)c1. The second kappa shape index (κ2) is 5.61. The molecule has 0 aromatic heterocycles. The molecule has 100 valence electrons. The van der Waals surface area contributed by atoms with Crippen molar-refractivity contribution in [1.29, 1.82) is 0 Å². The van der Waals surface area contributed by atoms with E-state index in [1.54, 1.807) is 0 Å². The summed E-state index contributed by atoms with van der Waals surface area (Å²) in [4.78, 5) is 11.5. The first-order valence-corrected chi connectivity index (χ1v) is 5.18. The normalized spacial score (nSPS) is 11.3. The largest absolute Gasteiger partial charge is 0.462 e. The van der Waals surface area contributed by atoms with Crippen LogP contribution >= 0.6 is 0 Å². The summed E-state index contributed by atoms with van der Waals surface area (Å²) in [6, 6.07) is 4.21. The summed E-state index contributed by atoms with van der Waals surface area (Å²) in [6.45, 7) is -0.303. The van der Waals surface area contributed by atoms with Gasteiger partial charge in [0.15, 0.2) is 0 Å². The van der Waals surface area contributed by atoms with Gasteiger partial charge in [-0.1, -0.05) is 0 Å². The fourth-order valence-corrected chi connectivity index (χ4v) is 1.28. The van der Waals surface area contributed by atoms with Gasteiger partial charge in [0.1, 0.15) is 0 Å². The number of nitrogens with two attached hydrogens (primary N) is 2. The van der Waals surface area contributed by atoms with Gasteiger partial charge in [0, 0.05) is 17.8 Å². The molecule has 0 radical (unpaired) electrons. The van der Waals surface area contributed by atoms with E-state index in [2.05, 4.69) is 4.74 Å². The quantitative estimate of drug-likeness (QED) is 0.496. The highest BCUT2D eigenvalue weighted by Gasteiger charge is 2.26. The van der Waals surface area contributed by atoms with Crippen molar-refractivity contribution in [3.63, 3.8) is 0 Å². The molecule has 0 aliphatic carbocycles. The topological polar surface area (TPSA) is 78.3 Å². The van der Waals surface area contributed by atoms with Crippen LogP contribution in [0.5, 0.6) is 0 Å². The van der Waals surface area contributed by atoms with E-state index in [1.165, 1.54) is 18.2 Å². The van der Waals surface area contributed by atoms with E-state index in [4.69, 9.17) is 11.5 Å². The molecule has 1 aromatic carbocycles. The summed E-state index contributed by atoms with van der Waals surface area (Å²) in [5.74, 6) is -0.755. The molecule has 0 spiro atoms. The van der Waals surface area contributed by atoms with Crippen LogP contribution in [0.15, 0.2) is 18.2 Å². The third-order valence-corrected chi connectivity index (χ3v) is 2.13. The van der Waals surface area contributed by atoms with Crippen LogP contribution in [0, 0.1) is 0 Å². The van der Waals surface area contributed by atoms with Crippen molar-refractivity contribution in [2.45, 2.75) is 19.0 Å². The highest BCUT2D eigenvalue weighted by Crippen LogP contribution is 2.21. The number of carbonyl (C=O) groups is 1. The van der Waals surface area contributed by atoms with Crippen molar-refractivity contribution < 1.29 is 22.7 Å². The maximum absolute atomic E-state index is 11.8. The standard InChI is InChI=1S/C11H13F3N2O2/c12-11(13,14)4-1-5-18-10(17)8-3-2-7(15)6-9(8)16/h2-3,6H,1,4-5,15-16H2. The van der Waals surface area contributed by atoms with Crippen molar-refractivity contribution in [3.05, 3.63) is 23.8 Å². The van der Waals surface area contributed by atoms with E-state index in [1.807, 2.05) is 0 Å². The Balaban J connectivity index is 2.46. The zero-order valence-electron chi connectivity index (χ0n) is 9.46. The van der Waals surface area contributed by atoms with E-state index in [-0.39, 0.29) is 24.3 Å². The molecule has 1 rings (SSSR count). The van der Waals surface area contributed by atoms with Crippen LogP contribution < -0.4 is 11.5 Å². The van der Waals surface area contributed by atoms with Crippen LogP contribution in [0.2, 0.25) is 0 Å². The minimum Gasteiger partial charge on any atom is -0.462 e. The molecule has 0 saturated heterocycles. The van der Waals surface area contributed by atoms with Gasteiger partial charge in [0.05, 0.1) is 12.2 Å². The van der Waals surface area contributed by atoms with Crippen LogP contribution in [0.4, 0.5) is 24.5 Å². The number of carbonyl (C=O) groups excluding carboxylic acids is 1. The van der Waals surface area contributed by atoms with Crippen LogP contribution in [0.1, 0.15) is 23.2 Å². The first-order chi connectivity index (χ1) is 8.29. The Morgan fingerprint density at radius 3 is 2.50 bits per heavy atom. The Labute approximate surface area is 102 Å². The van der Waals surface area contributed by atoms with E-state index in [0.717, 1.165) is 0 Å². The maximum Gasteiger partial charge on any atom is 0.389 e.